The standard InChI is InChI=1S/C30H27ClF4N6O/c1-18-20(5-7-26-19(2)36-28-9-8-27(31)38-41(26)28)14-22(15-25(18)32)29(42)37-23-6-4-21(24(16-23)30(33,34)35)17-40-12-10-39(3)11-13-40/h4,6,8-9,14-16H,10-13,17H2,1-3H3,(H,37,42). The average molecular weight is 599 g/mol. The highest BCUT2D eigenvalue weighted by Crippen LogP contribution is 2.35. The maximum Gasteiger partial charge on any atom is 0.416 e. The zero-order valence-corrected chi connectivity index (χ0v) is 23.9. The Balaban J connectivity index is 1.40. The van der Waals surface area contributed by atoms with E-state index in [1.54, 1.807) is 19.1 Å². The molecule has 218 valence electrons. The number of imidazole rings is 1. The van der Waals surface area contributed by atoms with Gasteiger partial charge in [-0.1, -0.05) is 23.6 Å². The number of hydrogen-bond donors (Lipinski definition) is 1. The summed E-state index contributed by atoms with van der Waals surface area (Å²) in [4.78, 5) is 21.5. The van der Waals surface area contributed by atoms with Gasteiger partial charge in [0.05, 0.1) is 11.3 Å². The number of likely N-dealkylation sites (N-methyl/N-ethyl adjacent to an activating group) is 1. The van der Waals surface area contributed by atoms with Gasteiger partial charge < -0.3 is 10.2 Å². The number of amides is 1. The number of carbonyl (C=O) groups is 1. The zero-order chi connectivity index (χ0) is 30.2. The first-order valence-corrected chi connectivity index (χ1v) is 13.5. The molecule has 1 fully saturated rings. The summed E-state index contributed by atoms with van der Waals surface area (Å²) in [6.45, 7) is 6.30. The van der Waals surface area contributed by atoms with E-state index in [-0.39, 0.29) is 39.6 Å². The molecule has 1 aliphatic rings. The van der Waals surface area contributed by atoms with Crippen LogP contribution in [0.3, 0.4) is 0 Å². The second-order valence-electron chi connectivity index (χ2n) is 10.3. The number of aromatic nitrogens is 3. The van der Waals surface area contributed by atoms with Crippen molar-refractivity contribution in [1.82, 2.24) is 24.4 Å². The minimum absolute atomic E-state index is 0.0487. The van der Waals surface area contributed by atoms with Crippen LogP contribution in [0, 0.1) is 31.5 Å². The highest BCUT2D eigenvalue weighted by molar-refractivity contribution is 6.29. The molecule has 3 heterocycles. The molecule has 1 aliphatic heterocycles. The van der Waals surface area contributed by atoms with Crippen LogP contribution in [0.2, 0.25) is 5.15 Å². The number of fused-ring (bicyclic) bond motifs is 1. The molecule has 0 bridgehead atoms. The monoisotopic (exact) mass is 598 g/mol. The summed E-state index contributed by atoms with van der Waals surface area (Å²) < 4.78 is 58.3. The normalized spacial score (nSPS) is 14.6. The lowest BCUT2D eigenvalue weighted by Gasteiger charge is -2.33. The number of hydrogen-bond acceptors (Lipinski definition) is 5. The number of aryl methyl sites for hydroxylation is 1. The Morgan fingerprint density at radius 2 is 1.79 bits per heavy atom. The minimum atomic E-state index is -4.61. The summed E-state index contributed by atoms with van der Waals surface area (Å²) in [7, 11) is 1.97. The smallest absolute Gasteiger partial charge is 0.322 e. The van der Waals surface area contributed by atoms with Gasteiger partial charge in [0, 0.05) is 55.1 Å². The lowest BCUT2D eigenvalue weighted by molar-refractivity contribution is -0.138. The van der Waals surface area contributed by atoms with E-state index in [1.165, 1.54) is 29.6 Å². The molecule has 2 aromatic heterocycles. The van der Waals surface area contributed by atoms with Crippen molar-refractivity contribution in [1.29, 1.82) is 0 Å². The molecule has 2 aromatic carbocycles. The van der Waals surface area contributed by atoms with Crippen LogP contribution in [-0.4, -0.2) is 63.5 Å². The van der Waals surface area contributed by atoms with Gasteiger partial charge in [0.2, 0.25) is 0 Å². The summed E-state index contributed by atoms with van der Waals surface area (Å²) in [6, 6.07) is 9.43. The van der Waals surface area contributed by atoms with Gasteiger partial charge in [-0.15, -0.1) is 0 Å². The number of anilines is 1. The third-order valence-electron chi connectivity index (χ3n) is 7.20. The summed E-state index contributed by atoms with van der Waals surface area (Å²) in [5, 5.41) is 6.92. The molecule has 0 radical (unpaired) electrons. The molecule has 0 unspecified atom stereocenters. The van der Waals surface area contributed by atoms with E-state index in [0.717, 1.165) is 25.2 Å². The fourth-order valence-corrected chi connectivity index (χ4v) is 4.88. The zero-order valence-electron chi connectivity index (χ0n) is 23.1. The molecule has 1 amide bonds. The van der Waals surface area contributed by atoms with Crippen molar-refractivity contribution in [3.8, 4) is 11.8 Å². The van der Waals surface area contributed by atoms with Gasteiger partial charge in [0.15, 0.2) is 5.65 Å². The summed E-state index contributed by atoms with van der Waals surface area (Å²) in [6.07, 6.45) is -4.61. The summed E-state index contributed by atoms with van der Waals surface area (Å²) in [5.41, 5.74) is 1.17. The van der Waals surface area contributed by atoms with Crippen LogP contribution in [0.25, 0.3) is 5.65 Å². The first-order valence-electron chi connectivity index (χ1n) is 13.2. The molecule has 0 saturated carbocycles. The number of halogens is 5. The van der Waals surface area contributed by atoms with Crippen molar-refractivity contribution < 1.29 is 22.4 Å². The van der Waals surface area contributed by atoms with Gasteiger partial charge >= 0.3 is 6.18 Å². The minimum Gasteiger partial charge on any atom is -0.322 e. The molecule has 1 N–H and O–H groups in total. The number of carbonyl (C=O) groups excluding carboxylic acids is 1. The second-order valence-corrected chi connectivity index (χ2v) is 10.6. The van der Waals surface area contributed by atoms with Gasteiger partial charge in [0.1, 0.15) is 16.7 Å². The van der Waals surface area contributed by atoms with Crippen LogP contribution in [0.15, 0.2) is 42.5 Å². The van der Waals surface area contributed by atoms with E-state index in [9.17, 15) is 22.4 Å². The maximum atomic E-state index is 14.9. The molecule has 0 aliphatic carbocycles. The van der Waals surface area contributed by atoms with Crippen molar-refractivity contribution in [3.05, 3.63) is 92.6 Å². The fraction of sp³-hybridized carbons (Fsp3) is 0.300. The van der Waals surface area contributed by atoms with Crippen LogP contribution >= 0.6 is 11.6 Å². The Morgan fingerprint density at radius 3 is 2.50 bits per heavy atom. The van der Waals surface area contributed by atoms with Gasteiger partial charge in [-0.05, 0) is 68.8 Å². The Kier molecular flexibility index (Phi) is 8.23. The van der Waals surface area contributed by atoms with Gasteiger partial charge in [-0.2, -0.15) is 18.3 Å². The third-order valence-corrected chi connectivity index (χ3v) is 7.41. The molecule has 0 spiro atoms. The average Bonchev–Trinajstić information content (AvgIpc) is 3.24. The first-order chi connectivity index (χ1) is 19.9. The topological polar surface area (TPSA) is 65.8 Å². The van der Waals surface area contributed by atoms with Gasteiger partial charge in [-0.3, -0.25) is 9.69 Å². The Labute approximate surface area is 245 Å². The lowest BCUT2D eigenvalue weighted by Crippen LogP contribution is -2.44. The number of benzene rings is 2. The van der Waals surface area contributed by atoms with E-state index < -0.39 is 23.5 Å². The fourth-order valence-electron chi connectivity index (χ4n) is 4.74. The molecule has 42 heavy (non-hydrogen) atoms. The number of alkyl halides is 3. The summed E-state index contributed by atoms with van der Waals surface area (Å²) in [5.74, 6) is 4.36. The highest BCUT2D eigenvalue weighted by Gasteiger charge is 2.34. The Morgan fingerprint density at radius 1 is 1.05 bits per heavy atom. The summed E-state index contributed by atoms with van der Waals surface area (Å²) >= 11 is 6.01. The highest BCUT2D eigenvalue weighted by atomic mass is 35.5. The number of nitrogens with zero attached hydrogens (tertiary/aromatic N) is 5. The number of nitrogens with one attached hydrogen (secondary N) is 1. The third kappa shape index (κ3) is 6.41. The van der Waals surface area contributed by atoms with Gasteiger partial charge in [-0.25, -0.2) is 13.9 Å². The van der Waals surface area contributed by atoms with Crippen LogP contribution in [-0.2, 0) is 12.7 Å². The molecule has 1 saturated heterocycles. The molecular weight excluding hydrogens is 572 g/mol. The quantitative estimate of drug-likeness (QED) is 0.246. The molecule has 5 rings (SSSR count). The first kappa shape index (κ1) is 29.5. The lowest BCUT2D eigenvalue weighted by atomic mass is 10.0. The predicted molar refractivity (Wildman–Crippen MR) is 152 cm³/mol. The van der Waals surface area contributed by atoms with E-state index >= 15 is 0 Å². The molecule has 12 heteroatoms. The largest absolute Gasteiger partial charge is 0.416 e. The van der Waals surface area contributed by atoms with Crippen molar-refractivity contribution in [3.63, 3.8) is 0 Å². The van der Waals surface area contributed by atoms with Crippen LogP contribution in [0.1, 0.15) is 44.0 Å². The second kappa shape index (κ2) is 11.7. The maximum absolute atomic E-state index is 14.9. The number of piperazine rings is 1. The Bertz CT molecular complexity index is 1730. The van der Waals surface area contributed by atoms with Gasteiger partial charge in [0.25, 0.3) is 5.91 Å². The molecule has 0 atom stereocenters. The SMILES string of the molecule is Cc1nc2ccc(Cl)nn2c1C#Cc1cc(C(=O)Nc2ccc(CN3CCN(C)CC3)c(C(F)(F)F)c2)cc(F)c1C. The van der Waals surface area contributed by atoms with Crippen LogP contribution < -0.4 is 5.32 Å². The molecule has 4 aromatic rings. The Hall–Kier alpha value is -3.98. The molecular formula is C30H27ClF4N6O. The van der Waals surface area contributed by atoms with E-state index in [4.69, 9.17) is 11.6 Å². The number of rotatable bonds is 4. The van der Waals surface area contributed by atoms with Crippen LogP contribution in [0.5, 0.6) is 0 Å². The van der Waals surface area contributed by atoms with Crippen LogP contribution in [0.4, 0.5) is 23.2 Å². The van der Waals surface area contributed by atoms with E-state index in [2.05, 4.69) is 32.1 Å². The van der Waals surface area contributed by atoms with Crippen molar-refractivity contribution in [2.24, 2.45) is 0 Å². The van der Waals surface area contributed by atoms with E-state index in [1.807, 2.05) is 11.9 Å². The van der Waals surface area contributed by atoms with Crippen molar-refractivity contribution in [2.75, 3.05) is 38.5 Å². The predicted octanol–water partition coefficient (Wildman–Crippen LogP) is 5.56. The van der Waals surface area contributed by atoms with Crippen molar-refractivity contribution >= 4 is 28.8 Å². The van der Waals surface area contributed by atoms with E-state index in [0.29, 0.717) is 30.1 Å². The molecule has 7 nitrogen and oxygen atoms in total. The van der Waals surface area contributed by atoms with Crippen molar-refractivity contribution in [2.45, 2.75) is 26.6 Å².